The Morgan fingerprint density at radius 1 is 1.27 bits per heavy atom. The van der Waals surface area contributed by atoms with Crippen LogP contribution in [0.4, 0.5) is 0 Å². The normalized spacial score (nSPS) is 18.6. The van der Waals surface area contributed by atoms with Gasteiger partial charge in [0.25, 0.3) is 5.91 Å². The van der Waals surface area contributed by atoms with Crippen LogP contribution in [0, 0.1) is 6.92 Å². The monoisotopic (exact) mass is 349 g/mol. The molecular formula is C21H23N3O2. The zero-order valence-electron chi connectivity index (χ0n) is 14.9. The van der Waals surface area contributed by atoms with E-state index in [-0.39, 0.29) is 17.9 Å². The molecule has 2 aromatic rings. The molecule has 1 aliphatic heterocycles. The molecule has 1 atom stereocenters. The lowest BCUT2D eigenvalue weighted by Crippen LogP contribution is -2.38. The van der Waals surface area contributed by atoms with Crippen LogP contribution in [0.25, 0.3) is 6.08 Å². The largest absolute Gasteiger partial charge is 0.357 e. The predicted molar refractivity (Wildman–Crippen MR) is 101 cm³/mol. The Labute approximate surface area is 153 Å². The number of carbonyl (C=O) groups excluding carboxylic acids is 2. The SMILES string of the molecule is Cc1cc[nH]c1C(=O)N[C@@H]1CCN(C(=O)CC2=Cc3ccccc3C2)C1. The molecule has 26 heavy (non-hydrogen) atoms. The molecule has 0 spiro atoms. The molecule has 1 saturated heterocycles. The lowest BCUT2D eigenvalue weighted by atomic mass is 10.1. The molecule has 1 aromatic carbocycles. The van der Waals surface area contributed by atoms with Gasteiger partial charge >= 0.3 is 0 Å². The number of nitrogens with zero attached hydrogens (tertiary/aromatic N) is 1. The van der Waals surface area contributed by atoms with Crippen molar-refractivity contribution in [3.05, 3.63) is 64.5 Å². The number of aryl methyl sites for hydroxylation is 1. The van der Waals surface area contributed by atoms with Gasteiger partial charge < -0.3 is 15.2 Å². The number of rotatable bonds is 4. The highest BCUT2D eigenvalue weighted by molar-refractivity contribution is 5.94. The number of hydrogen-bond acceptors (Lipinski definition) is 2. The van der Waals surface area contributed by atoms with E-state index < -0.39 is 0 Å². The Hall–Kier alpha value is -2.82. The van der Waals surface area contributed by atoms with Crippen molar-refractivity contribution in [3.63, 3.8) is 0 Å². The fourth-order valence-corrected chi connectivity index (χ4v) is 3.83. The molecule has 1 aromatic heterocycles. The zero-order valence-corrected chi connectivity index (χ0v) is 14.9. The van der Waals surface area contributed by atoms with Gasteiger partial charge in [-0.15, -0.1) is 0 Å². The number of H-pyrrole nitrogens is 1. The van der Waals surface area contributed by atoms with Crippen molar-refractivity contribution < 1.29 is 9.59 Å². The number of carbonyl (C=O) groups is 2. The minimum Gasteiger partial charge on any atom is -0.357 e. The minimum absolute atomic E-state index is 0.0175. The van der Waals surface area contributed by atoms with Crippen molar-refractivity contribution in [1.29, 1.82) is 0 Å². The first kappa shape index (κ1) is 16.6. The highest BCUT2D eigenvalue weighted by Gasteiger charge is 2.28. The first-order valence-corrected chi connectivity index (χ1v) is 9.10. The topological polar surface area (TPSA) is 65.2 Å². The van der Waals surface area contributed by atoms with Crippen molar-refractivity contribution in [1.82, 2.24) is 15.2 Å². The fraction of sp³-hybridized carbons (Fsp3) is 0.333. The summed E-state index contributed by atoms with van der Waals surface area (Å²) in [6.45, 7) is 3.20. The number of aromatic nitrogens is 1. The van der Waals surface area contributed by atoms with Crippen molar-refractivity contribution in [2.24, 2.45) is 0 Å². The zero-order chi connectivity index (χ0) is 18.1. The molecule has 0 unspecified atom stereocenters. The Morgan fingerprint density at radius 3 is 2.88 bits per heavy atom. The highest BCUT2D eigenvalue weighted by Crippen LogP contribution is 2.27. The summed E-state index contributed by atoms with van der Waals surface area (Å²) < 4.78 is 0. The molecule has 2 aliphatic rings. The average Bonchev–Trinajstić information content (AvgIpc) is 3.33. The van der Waals surface area contributed by atoms with Crippen LogP contribution in [0.15, 0.2) is 42.1 Å². The second-order valence-corrected chi connectivity index (χ2v) is 7.19. The number of fused-ring (bicyclic) bond motifs is 1. The maximum atomic E-state index is 12.6. The van der Waals surface area contributed by atoms with E-state index in [0.717, 1.165) is 18.4 Å². The van der Waals surface area contributed by atoms with Crippen LogP contribution < -0.4 is 5.32 Å². The smallest absolute Gasteiger partial charge is 0.268 e. The number of hydrogen-bond donors (Lipinski definition) is 2. The van der Waals surface area contributed by atoms with Gasteiger partial charge in [0, 0.05) is 31.7 Å². The summed E-state index contributed by atoms with van der Waals surface area (Å²) in [6, 6.07) is 10.2. The van der Waals surface area contributed by atoms with Crippen LogP contribution in [0.5, 0.6) is 0 Å². The number of benzene rings is 1. The van der Waals surface area contributed by atoms with Gasteiger partial charge in [-0.3, -0.25) is 9.59 Å². The van der Waals surface area contributed by atoms with E-state index in [1.807, 2.05) is 30.0 Å². The summed E-state index contributed by atoms with van der Waals surface area (Å²) in [6.07, 6.45) is 6.03. The van der Waals surface area contributed by atoms with Gasteiger partial charge in [0.15, 0.2) is 0 Å². The van der Waals surface area contributed by atoms with E-state index >= 15 is 0 Å². The van der Waals surface area contributed by atoms with E-state index in [9.17, 15) is 9.59 Å². The van der Waals surface area contributed by atoms with E-state index in [1.54, 1.807) is 6.20 Å². The average molecular weight is 349 g/mol. The maximum Gasteiger partial charge on any atom is 0.268 e. The second-order valence-electron chi connectivity index (χ2n) is 7.19. The molecule has 0 bridgehead atoms. The van der Waals surface area contributed by atoms with Gasteiger partial charge in [-0.1, -0.05) is 35.9 Å². The summed E-state index contributed by atoms with van der Waals surface area (Å²) in [4.78, 5) is 29.8. The summed E-state index contributed by atoms with van der Waals surface area (Å²) in [5.74, 6) is 0.0533. The van der Waals surface area contributed by atoms with Crippen LogP contribution >= 0.6 is 0 Å². The Bertz CT molecular complexity index is 881. The van der Waals surface area contributed by atoms with Crippen LogP contribution in [0.3, 0.4) is 0 Å². The first-order chi connectivity index (χ1) is 12.6. The number of nitrogens with one attached hydrogen (secondary N) is 2. The van der Waals surface area contributed by atoms with Crippen molar-refractivity contribution in [2.45, 2.75) is 32.2 Å². The summed E-state index contributed by atoms with van der Waals surface area (Å²) >= 11 is 0. The minimum atomic E-state index is -0.0965. The molecule has 2 amide bonds. The van der Waals surface area contributed by atoms with Crippen LogP contribution in [-0.4, -0.2) is 40.8 Å². The molecule has 5 nitrogen and oxygen atoms in total. The van der Waals surface area contributed by atoms with Gasteiger partial charge in [-0.05, 0) is 42.5 Å². The highest BCUT2D eigenvalue weighted by atomic mass is 16.2. The third kappa shape index (κ3) is 3.29. The van der Waals surface area contributed by atoms with Crippen molar-refractivity contribution in [3.8, 4) is 0 Å². The van der Waals surface area contributed by atoms with Gasteiger partial charge in [-0.2, -0.15) is 0 Å². The molecule has 0 saturated carbocycles. The van der Waals surface area contributed by atoms with E-state index in [0.29, 0.717) is 25.2 Å². The Balaban J connectivity index is 1.31. The van der Waals surface area contributed by atoms with Crippen molar-refractivity contribution >= 4 is 17.9 Å². The molecule has 2 N–H and O–H groups in total. The molecule has 1 fully saturated rings. The third-order valence-electron chi connectivity index (χ3n) is 5.27. The van der Waals surface area contributed by atoms with Crippen molar-refractivity contribution in [2.75, 3.05) is 13.1 Å². The van der Waals surface area contributed by atoms with Gasteiger partial charge in [0.2, 0.25) is 5.91 Å². The maximum absolute atomic E-state index is 12.6. The molecule has 1 aliphatic carbocycles. The predicted octanol–water partition coefficient (Wildman–Crippen LogP) is 2.68. The van der Waals surface area contributed by atoms with E-state index in [4.69, 9.17) is 0 Å². The molecule has 4 rings (SSSR count). The van der Waals surface area contributed by atoms with Gasteiger partial charge in [0.1, 0.15) is 5.69 Å². The lowest BCUT2D eigenvalue weighted by molar-refractivity contribution is -0.129. The third-order valence-corrected chi connectivity index (χ3v) is 5.27. The Kier molecular flexibility index (Phi) is 4.37. The summed E-state index contributed by atoms with van der Waals surface area (Å²) in [5.41, 5.74) is 5.22. The standard InChI is InChI=1S/C21H23N3O2/c1-14-6-8-22-20(14)21(26)23-18-7-9-24(13-18)19(25)12-15-10-16-4-2-3-5-17(16)11-15/h2-6,8,10,18,22H,7,9,11-13H2,1H3,(H,23,26)/t18-/m1/s1. The second kappa shape index (κ2) is 6.83. The van der Waals surface area contributed by atoms with Gasteiger partial charge in [0.05, 0.1) is 0 Å². The van der Waals surface area contributed by atoms with Gasteiger partial charge in [-0.25, -0.2) is 0 Å². The van der Waals surface area contributed by atoms with Crippen LogP contribution in [-0.2, 0) is 11.2 Å². The van der Waals surface area contributed by atoms with Crippen LogP contribution in [0.1, 0.15) is 40.0 Å². The summed E-state index contributed by atoms with van der Waals surface area (Å²) in [7, 11) is 0. The first-order valence-electron chi connectivity index (χ1n) is 9.10. The van der Waals surface area contributed by atoms with E-state index in [2.05, 4.69) is 28.5 Å². The van der Waals surface area contributed by atoms with Crippen LogP contribution in [0.2, 0.25) is 0 Å². The molecule has 134 valence electrons. The fourth-order valence-electron chi connectivity index (χ4n) is 3.83. The number of likely N-dealkylation sites (tertiary alicyclic amines) is 1. The van der Waals surface area contributed by atoms with E-state index in [1.165, 1.54) is 16.7 Å². The molecular weight excluding hydrogens is 326 g/mol. The summed E-state index contributed by atoms with van der Waals surface area (Å²) in [5, 5.41) is 3.04. The molecule has 0 radical (unpaired) electrons. The quantitative estimate of drug-likeness (QED) is 0.891. The number of aromatic amines is 1. The molecule has 5 heteroatoms. The lowest BCUT2D eigenvalue weighted by Gasteiger charge is -2.17. The number of amides is 2. The molecule has 2 heterocycles. The Morgan fingerprint density at radius 2 is 2.12 bits per heavy atom.